The molecule has 0 spiro atoms. The molecule has 0 aliphatic rings. The van der Waals surface area contributed by atoms with E-state index in [2.05, 4.69) is 15.3 Å². The predicted molar refractivity (Wildman–Crippen MR) is 79.2 cm³/mol. The summed E-state index contributed by atoms with van der Waals surface area (Å²) >= 11 is 0. The second-order valence-electron chi connectivity index (χ2n) is 4.29. The first-order valence-corrected chi connectivity index (χ1v) is 6.38. The summed E-state index contributed by atoms with van der Waals surface area (Å²) in [7, 11) is 1.30. The molecule has 2 rings (SSSR count). The molecular weight excluding hydrogens is 287 g/mol. The summed E-state index contributed by atoms with van der Waals surface area (Å²) in [5.74, 6) is -1.69. The monoisotopic (exact) mass is 300 g/mol. The molecule has 0 aromatic heterocycles. The summed E-state index contributed by atoms with van der Waals surface area (Å²) in [6.45, 7) is 0. The van der Waals surface area contributed by atoms with Crippen molar-refractivity contribution >= 4 is 18.1 Å². The number of benzene rings is 2. The van der Waals surface area contributed by atoms with E-state index in [0.717, 1.165) is 0 Å². The smallest absolute Gasteiger partial charge is 0.337 e. The van der Waals surface area contributed by atoms with E-state index < -0.39 is 17.7 Å². The van der Waals surface area contributed by atoms with Gasteiger partial charge in [0.25, 0.3) is 5.91 Å². The van der Waals surface area contributed by atoms with Crippen molar-refractivity contribution < 1.29 is 18.7 Å². The van der Waals surface area contributed by atoms with Gasteiger partial charge in [-0.3, -0.25) is 4.79 Å². The maximum Gasteiger partial charge on any atom is 0.337 e. The molecule has 0 radical (unpaired) electrons. The zero-order chi connectivity index (χ0) is 15.9. The molecule has 0 aliphatic heterocycles. The molecule has 0 saturated heterocycles. The first kappa shape index (κ1) is 15.4. The number of amides is 1. The Hall–Kier alpha value is -3.02. The zero-order valence-electron chi connectivity index (χ0n) is 11.7. The Balaban J connectivity index is 1.99. The normalized spacial score (nSPS) is 10.5. The number of halogens is 1. The summed E-state index contributed by atoms with van der Waals surface area (Å²) in [5.41, 5.74) is 3.23. The van der Waals surface area contributed by atoms with Crippen LogP contribution >= 0.6 is 0 Å². The molecule has 0 saturated carbocycles. The molecule has 5 nitrogen and oxygen atoms in total. The Morgan fingerprint density at radius 2 is 1.82 bits per heavy atom. The average molecular weight is 300 g/mol. The van der Waals surface area contributed by atoms with Gasteiger partial charge in [0, 0.05) is 0 Å². The van der Waals surface area contributed by atoms with E-state index in [-0.39, 0.29) is 5.56 Å². The van der Waals surface area contributed by atoms with Crippen molar-refractivity contribution in [2.75, 3.05) is 7.11 Å². The molecule has 1 amide bonds. The molecule has 2 aromatic rings. The van der Waals surface area contributed by atoms with Crippen LogP contribution in [0.4, 0.5) is 4.39 Å². The summed E-state index contributed by atoms with van der Waals surface area (Å²) in [6, 6.07) is 12.1. The van der Waals surface area contributed by atoms with E-state index in [1.165, 1.54) is 31.5 Å². The Labute approximate surface area is 126 Å². The lowest BCUT2D eigenvalue weighted by atomic mass is 10.1. The van der Waals surface area contributed by atoms with Crippen molar-refractivity contribution in [1.29, 1.82) is 0 Å². The number of hydrogen-bond donors (Lipinski definition) is 1. The van der Waals surface area contributed by atoms with Crippen molar-refractivity contribution in [2.45, 2.75) is 0 Å². The van der Waals surface area contributed by atoms with Gasteiger partial charge in [-0.15, -0.1) is 0 Å². The third kappa shape index (κ3) is 3.76. The highest BCUT2D eigenvalue weighted by molar-refractivity contribution is 5.95. The lowest BCUT2D eigenvalue weighted by Crippen LogP contribution is -2.18. The van der Waals surface area contributed by atoms with Crippen molar-refractivity contribution in [3.63, 3.8) is 0 Å². The molecule has 0 aliphatic carbocycles. The SMILES string of the molecule is COC(=O)c1ccc(/C=N/NC(=O)c2ccccc2F)cc1. The molecule has 0 fully saturated rings. The van der Waals surface area contributed by atoms with Gasteiger partial charge in [-0.05, 0) is 29.8 Å². The van der Waals surface area contributed by atoms with Crippen LogP contribution in [0, 0.1) is 5.82 Å². The van der Waals surface area contributed by atoms with Crippen LogP contribution in [0.3, 0.4) is 0 Å². The maximum absolute atomic E-state index is 13.4. The fraction of sp³-hybridized carbons (Fsp3) is 0.0625. The van der Waals surface area contributed by atoms with Crippen LogP contribution in [-0.4, -0.2) is 25.2 Å². The summed E-state index contributed by atoms with van der Waals surface area (Å²) in [4.78, 5) is 23.0. The highest BCUT2D eigenvalue weighted by atomic mass is 19.1. The van der Waals surface area contributed by atoms with Crippen molar-refractivity contribution in [1.82, 2.24) is 5.43 Å². The molecule has 0 heterocycles. The van der Waals surface area contributed by atoms with Crippen molar-refractivity contribution in [2.24, 2.45) is 5.10 Å². The molecule has 0 unspecified atom stereocenters. The van der Waals surface area contributed by atoms with Crippen molar-refractivity contribution in [3.05, 3.63) is 71.0 Å². The molecule has 112 valence electrons. The van der Waals surface area contributed by atoms with Crippen LogP contribution in [0.1, 0.15) is 26.3 Å². The molecular formula is C16H13FN2O3. The van der Waals surface area contributed by atoms with E-state index in [1.807, 2.05) is 0 Å². The lowest BCUT2D eigenvalue weighted by Gasteiger charge is -2.01. The van der Waals surface area contributed by atoms with Crippen molar-refractivity contribution in [3.8, 4) is 0 Å². The molecule has 22 heavy (non-hydrogen) atoms. The molecule has 1 N–H and O–H groups in total. The average Bonchev–Trinajstić information content (AvgIpc) is 2.55. The minimum Gasteiger partial charge on any atom is -0.465 e. The standard InChI is InChI=1S/C16H13FN2O3/c1-22-16(21)12-8-6-11(7-9-12)10-18-19-15(20)13-4-2-3-5-14(13)17/h2-10H,1H3,(H,19,20)/b18-10+. The maximum atomic E-state index is 13.4. The van der Waals surface area contributed by atoms with Gasteiger partial charge in [-0.2, -0.15) is 5.10 Å². The Morgan fingerprint density at radius 3 is 2.45 bits per heavy atom. The van der Waals surface area contributed by atoms with Crippen LogP contribution in [0.2, 0.25) is 0 Å². The third-order valence-electron chi connectivity index (χ3n) is 2.83. The number of nitrogens with one attached hydrogen (secondary N) is 1. The van der Waals surface area contributed by atoms with Gasteiger partial charge in [0.2, 0.25) is 0 Å². The second kappa shape index (κ2) is 7.12. The van der Waals surface area contributed by atoms with Gasteiger partial charge in [0.15, 0.2) is 0 Å². The van der Waals surface area contributed by atoms with E-state index in [9.17, 15) is 14.0 Å². The van der Waals surface area contributed by atoms with E-state index >= 15 is 0 Å². The number of hydrazone groups is 1. The zero-order valence-corrected chi connectivity index (χ0v) is 11.7. The molecule has 2 aromatic carbocycles. The van der Waals surface area contributed by atoms with Crippen LogP contribution in [0.25, 0.3) is 0 Å². The highest BCUT2D eigenvalue weighted by Gasteiger charge is 2.09. The quantitative estimate of drug-likeness (QED) is 0.535. The van der Waals surface area contributed by atoms with Gasteiger partial charge in [-0.1, -0.05) is 24.3 Å². The first-order valence-electron chi connectivity index (χ1n) is 6.38. The van der Waals surface area contributed by atoms with Gasteiger partial charge < -0.3 is 4.74 Å². The minimum atomic E-state index is -0.638. The van der Waals surface area contributed by atoms with Crippen LogP contribution in [0.15, 0.2) is 53.6 Å². The van der Waals surface area contributed by atoms with Crippen LogP contribution in [0.5, 0.6) is 0 Å². The number of nitrogens with zero attached hydrogens (tertiary/aromatic N) is 1. The number of carbonyl (C=O) groups is 2. The van der Waals surface area contributed by atoms with E-state index in [0.29, 0.717) is 11.1 Å². The van der Waals surface area contributed by atoms with Crippen LogP contribution < -0.4 is 5.43 Å². The van der Waals surface area contributed by atoms with Gasteiger partial charge in [0.05, 0.1) is 24.5 Å². The Morgan fingerprint density at radius 1 is 1.14 bits per heavy atom. The number of hydrogen-bond acceptors (Lipinski definition) is 4. The second-order valence-corrected chi connectivity index (χ2v) is 4.29. The van der Waals surface area contributed by atoms with E-state index in [4.69, 9.17) is 0 Å². The highest BCUT2D eigenvalue weighted by Crippen LogP contribution is 2.06. The first-order chi connectivity index (χ1) is 10.6. The Bertz CT molecular complexity index is 712. The number of rotatable bonds is 4. The minimum absolute atomic E-state index is 0.0827. The largest absolute Gasteiger partial charge is 0.465 e. The number of carbonyl (C=O) groups excluding carboxylic acids is 2. The Kier molecular flexibility index (Phi) is 4.98. The number of ether oxygens (including phenoxy) is 1. The summed E-state index contributed by atoms with van der Waals surface area (Å²) < 4.78 is 18.0. The fourth-order valence-electron chi connectivity index (χ4n) is 1.69. The third-order valence-corrected chi connectivity index (χ3v) is 2.83. The van der Waals surface area contributed by atoms with Gasteiger partial charge in [0.1, 0.15) is 5.82 Å². The van der Waals surface area contributed by atoms with Gasteiger partial charge >= 0.3 is 5.97 Å². The predicted octanol–water partition coefficient (Wildman–Crippen LogP) is 2.38. The lowest BCUT2D eigenvalue weighted by molar-refractivity contribution is 0.0600. The molecule has 6 heteroatoms. The summed E-state index contributed by atoms with van der Waals surface area (Å²) in [5, 5.41) is 3.75. The van der Waals surface area contributed by atoms with Gasteiger partial charge in [-0.25, -0.2) is 14.6 Å². The fourth-order valence-corrected chi connectivity index (χ4v) is 1.69. The molecule has 0 bridgehead atoms. The topological polar surface area (TPSA) is 67.8 Å². The van der Waals surface area contributed by atoms with E-state index in [1.54, 1.807) is 30.3 Å². The summed E-state index contributed by atoms with van der Waals surface area (Å²) in [6.07, 6.45) is 1.39. The number of esters is 1. The van der Waals surface area contributed by atoms with Crippen LogP contribution in [-0.2, 0) is 4.74 Å². The molecule has 0 atom stereocenters. The number of methoxy groups -OCH3 is 1.